The van der Waals surface area contributed by atoms with Gasteiger partial charge in [0.2, 0.25) is 11.8 Å². The van der Waals surface area contributed by atoms with Gasteiger partial charge >= 0.3 is 6.18 Å². The van der Waals surface area contributed by atoms with Gasteiger partial charge in [0, 0.05) is 62.2 Å². The Labute approximate surface area is 324 Å². The number of carbonyl (C=O) groups excluding carboxylic acids is 3. The molecule has 0 spiro atoms. The van der Waals surface area contributed by atoms with E-state index in [-0.39, 0.29) is 35.4 Å². The minimum atomic E-state index is -4.58. The molecule has 1 atom stereocenters. The fourth-order valence-corrected chi connectivity index (χ4v) is 7.61. The van der Waals surface area contributed by atoms with Crippen LogP contribution in [0, 0.1) is 0 Å². The summed E-state index contributed by atoms with van der Waals surface area (Å²) < 4.78 is 60.7. The van der Waals surface area contributed by atoms with E-state index in [1.807, 2.05) is 31.1 Å². The predicted octanol–water partition coefficient (Wildman–Crippen LogP) is 6.40. The van der Waals surface area contributed by atoms with Gasteiger partial charge < -0.3 is 29.3 Å². The predicted molar refractivity (Wildman–Crippen MR) is 206 cm³/mol. The van der Waals surface area contributed by atoms with Gasteiger partial charge in [-0.2, -0.15) is 13.2 Å². The lowest BCUT2D eigenvalue weighted by Crippen LogP contribution is -2.52. The average molecular weight is 789 g/mol. The van der Waals surface area contributed by atoms with Gasteiger partial charge in [-0.05, 0) is 72.1 Å². The summed E-state index contributed by atoms with van der Waals surface area (Å²) in [6.45, 7) is 2.53. The molecule has 12 nitrogen and oxygen atoms in total. The molecule has 7 rings (SSSR count). The Hall–Kier alpha value is -5.58. The van der Waals surface area contributed by atoms with Gasteiger partial charge in [0.15, 0.2) is 0 Å². The zero-order valence-electron chi connectivity index (χ0n) is 30.7. The van der Waals surface area contributed by atoms with Crippen LogP contribution in [0.2, 0.25) is 0 Å². The standard InChI is InChI=1S/C40H39F3N6O6S/c1-48(2)35-11-4-25(22-45-35)24-3-7-30(31(20-24)40(41,42)43)38-46-32-9-5-27(21-34(32)56-38)44-13-14-53-15-16-54-17-18-55-28-6-8-29-26(19-28)23-49(39(29)52)33-10-12-36(50)47-37(33)51/h3-9,11,19-22,33,44H,10,12-18,23H2,1-2H3,(H,47,50,51). The van der Waals surface area contributed by atoms with Crippen LogP contribution < -0.4 is 20.3 Å². The summed E-state index contributed by atoms with van der Waals surface area (Å²) in [7, 11) is 3.69. The molecule has 1 fully saturated rings. The summed E-state index contributed by atoms with van der Waals surface area (Å²) >= 11 is 1.20. The maximum Gasteiger partial charge on any atom is 0.417 e. The van der Waals surface area contributed by atoms with E-state index in [1.165, 1.54) is 22.3 Å². The number of hydrogen-bond acceptors (Lipinski definition) is 11. The molecule has 56 heavy (non-hydrogen) atoms. The van der Waals surface area contributed by atoms with Gasteiger partial charge in [0.25, 0.3) is 5.91 Å². The number of ether oxygens (including phenoxy) is 3. The largest absolute Gasteiger partial charge is 0.491 e. The Morgan fingerprint density at radius 3 is 2.43 bits per heavy atom. The molecule has 2 N–H and O–H groups in total. The van der Waals surface area contributed by atoms with E-state index in [9.17, 15) is 27.6 Å². The summed E-state index contributed by atoms with van der Waals surface area (Å²) in [5, 5.41) is 5.87. The van der Waals surface area contributed by atoms with Crippen LogP contribution in [-0.4, -0.2) is 92.3 Å². The Morgan fingerprint density at radius 2 is 1.68 bits per heavy atom. The Morgan fingerprint density at radius 1 is 0.911 bits per heavy atom. The van der Waals surface area contributed by atoms with E-state index in [4.69, 9.17) is 14.2 Å². The van der Waals surface area contributed by atoms with E-state index < -0.39 is 23.7 Å². The minimum absolute atomic E-state index is 0.0259. The third-order valence-corrected chi connectivity index (χ3v) is 10.5. The number of piperidine rings is 1. The highest BCUT2D eigenvalue weighted by Crippen LogP contribution is 2.42. The molecule has 4 heterocycles. The van der Waals surface area contributed by atoms with Crippen molar-refractivity contribution in [2.75, 3.05) is 63.9 Å². The van der Waals surface area contributed by atoms with Gasteiger partial charge in [-0.3, -0.25) is 19.7 Å². The number of aromatic nitrogens is 2. The number of nitrogens with one attached hydrogen (secondary N) is 2. The first-order chi connectivity index (χ1) is 26.9. The number of nitrogens with zero attached hydrogens (tertiary/aromatic N) is 4. The molecule has 1 saturated heterocycles. The maximum absolute atomic E-state index is 14.3. The Balaban J connectivity index is 0.832. The topological polar surface area (TPSA) is 135 Å². The molecular weight excluding hydrogens is 750 g/mol. The lowest BCUT2D eigenvalue weighted by atomic mass is 10.00. The molecule has 5 aromatic rings. The van der Waals surface area contributed by atoms with Crippen molar-refractivity contribution >= 4 is 50.8 Å². The summed E-state index contributed by atoms with van der Waals surface area (Å²) in [5.41, 5.74) is 2.97. The SMILES string of the molecule is CN(C)c1ccc(-c2ccc(-c3nc4ccc(NCCOCCOCCOc5ccc6c(c5)CN(C5CCC(=O)NC5=O)C6=O)cc4s3)c(C(F)(F)F)c2)cn1. The first kappa shape index (κ1) is 38.7. The third kappa shape index (κ3) is 8.77. The molecule has 16 heteroatoms. The second-order valence-electron chi connectivity index (χ2n) is 13.5. The monoisotopic (exact) mass is 788 g/mol. The summed E-state index contributed by atoms with van der Waals surface area (Å²) in [5.74, 6) is 0.282. The van der Waals surface area contributed by atoms with Gasteiger partial charge in [-0.15, -0.1) is 11.3 Å². The van der Waals surface area contributed by atoms with Crippen LogP contribution in [-0.2, 0) is 31.8 Å². The van der Waals surface area contributed by atoms with Crippen LogP contribution in [0.25, 0.3) is 31.9 Å². The number of thiazole rings is 1. The van der Waals surface area contributed by atoms with Crippen LogP contribution in [0.3, 0.4) is 0 Å². The molecule has 0 radical (unpaired) electrons. The van der Waals surface area contributed by atoms with Gasteiger partial charge in [-0.25, -0.2) is 9.97 Å². The van der Waals surface area contributed by atoms with Crippen molar-refractivity contribution in [3.05, 3.63) is 89.6 Å². The number of hydrogen-bond donors (Lipinski definition) is 2. The summed E-state index contributed by atoms with van der Waals surface area (Å²) in [6, 6.07) is 17.8. The minimum Gasteiger partial charge on any atom is -0.491 e. The van der Waals surface area contributed by atoms with Gasteiger partial charge in [0.05, 0.1) is 42.2 Å². The first-order valence-electron chi connectivity index (χ1n) is 18.0. The number of benzene rings is 3. The highest BCUT2D eigenvalue weighted by Gasteiger charge is 2.39. The molecular formula is C40H39F3N6O6S. The fourth-order valence-electron chi connectivity index (χ4n) is 6.56. The zero-order chi connectivity index (χ0) is 39.4. The van der Waals surface area contributed by atoms with Crippen molar-refractivity contribution in [1.82, 2.24) is 20.2 Å². The molecule has 3 amide bonds. The number of amides is 3. The Bertz CT molecular complexity index is 2250. The van der Waals surface area contributed by atoms with Crippen LogP contribution in [0.5, 0.6) is 5.75 Å². The van der Waals surface area contributed by atoms with Crippen LogP contribution >= 0.6 is 11.3 Å². The van der Waals surface area contributed by atoms with Crippen molar-refractivity contribution in [3.8, 4) is 27.4 Å². The van der Waals surface area contributed by atoms with Crippen molar-refractivity contribution < 1.29 is 41.8 Å². The molecule has 292 valence electrons. The summed E-state index contributed by atoms with van der Waals surface area (Å²) in [6.07, 6.45) is -2.50. The average Bonchev–Trinajstić information content (AvgIpc) is 3.75. The molecule has 2 aliphatic rings. The molecule has 2 aromatic heterocycles. The van der Waals surface area contributed by atoms with Crippen molar-refractivity contribution in [2.45, 2.75) is 31.6 Å². The lowest BCUT2D eigenvalue weighted by molar-refractivity contribution is -0.138. The number of rotatable bonds is 15. The second kappa shape index (κ2) is 16.6. The number of carbonyl (C=O) groups is 3. The van der Waals surface area contributed by atoms with Crippen molar-refractivity contribution in [1.29, 1.82) is 0 Å². The zero-order valence-corrected chi connectivity index (χ0v) is 31.5. The third-order valence-electron chi connectivity index (χ3n) is 9.42. The van der Waals surface area contributed by atoms with Crippen LogP contribution in [0.4, 0.5) is 24.7 Å². The summed E-state index contributed by atoms with van der Waals surface area (Å²) in [4.78, 5) is 48.8. The van der Waals surface area contributed by atoms with Gasteiger partial charge in [-0.1, -0.05) is 12.1 Å². The number of pyridine rings is 1. The number of fused-ring (bicyclic) bond motifs is 2. The lowest BCUT2D eigenvalue weighted by Gasteiger charge is -2.29. The molecule has 3 aromatic carbocycles. The fraction of sp³-hybridized carbons (Fsp3) is 0.325. The molecule has 0 aliphatic carbocycles. The van der Waals surface area contributed by atoms with Crippen molar-refractivity contribution in [2.24, 2.45) is 0 Å². The number of imide groups is 1. The number of halogens is 3. The van der Waals surface area contributed by atoms with E-state index in [0.717, 1.165) is 22.0 Å². The van der Waals surface area contributed by atoms with Crippen LogP contribution in [0.15, 0.2) is 72.9 Å². The first-order valence-corrected chi connectivity index (χ1v) is 18.8. The quantitative estimate of drug-likeness (QED) is 0.0908. The molecule has 0 saturated carbocycles. The van der Waals surface area contributed by atoms with E-state index >= 15 is 0 Å². The van der Waals surface area contributed by atoms with E-state index in [0.29, 0.717) is 79.8 Å². The number of alkyl halides is 3. The van der Waals surface area contributed by atoms with E-state index in [1.54, 1.807) is 48.7 Å². The molecule has 1 unspecified atom stereocenters. The maximum atomic E-state index is 14.3. The normalized spacial score (nSPS) is 15.6. The van der Waals surface area contributed by atoms with Crippen molar-refractivity contribution in [3.63, 3.8) is 0 Å². The smallest absolute Gasteiger partial charge is 0.417 e. The number of anilines is 2. The molecule has 0 bridgehead atoms. The van der Waals surface area contributed by atoms with Gasteiger partial charge in [0.1, 0.15) is 29.2 Å². The molecule has 2 aliphatic heterocycles. The highest BCUT2D eigenvalue weighted by molar-refractivity contribution is 7.21. The van der Waals surface area contributed by atoms with E-state index in [2.05, 4.69) is 20.6 Å². The highest BCUT2D eigenvalue weighted by atomic mass is 32.1. The second-order valence-corrected chi connectivity index (χ2v) is 14.5. The van der Waals surface area contributed by atoms with Crippen LogP contribution in [0.1, 0.15) is 34.3 Å². The Kier molecular flexibility index (Phi) is 11.5.